The second-order valence-electron chi connectivity index (χ2n) is 4.10. The Morgan fingerprint density at radius 3 is 3.28 bits per heavy atom. The molecule has 1 amide bonds. The molecule has 3 heterocycles. The van der Waals surface area contributed by atoms with Crippen LogP contribution in [0.1, 0.15) is 17.2 Å². The highest BCUT2D eigenvalue weighted by molar-refractivity contribution is 5.93. The normalized spacial score (nSPS) is 18.4. The van der Waals surface area contributed by atoms with Crippen LogP contribution in [0.4, 0.5) is 6.01 Å². The lowest BCUT2D eigenvalue weighted by atomic mass is 10.1. The lowest BCUT2D eigenvalue weighted by Gasteiger charge is -2.21. The average Bonchev–Trinajstić information content (AvgIpc) is 2.96. The highest BCUT2D eigenvalue weighted by Crippen LogP contribution is 2.13. The second kappa shape index (κ2) is 4.22. The average molecular weight is 248 g/mol. The van der Waals surface area contributed by atoms with Gasteiger partial charge in [-0.05, 0) is 6.92 Å². The van der Waals surface area contributed by atoms with Crippen molar-refractivity contribution in [2.75, 3.05) is 5.32 Å². The van der Waals surface area contributed by atoms with Crippen molar-refractivity contribution in [1.82, 2.24) is 25.4 Å². The van der Waals surface area contributed by atoms with Crippen LogP contribution in [-0.4, -0.2) is 32.1 Å². The van der Waals surface area contributed by atoms with E-state index in [2.05, 4.69) is 30.7 Å². The van der Waals surface area contributed by atoms with Gasteiger partial charge < -0.3 is 9.51 Å². The Hall–Kier alpha value is -2.22. The summed E-state index contributed by atoms with van der Waals surface area (Å²) in [5, 5.41) is 9.29. The lowest BCUT2D eigenvalue weighted by molar-refractivity contribution is -0.118. The first kappa shape index (κ1) is 10.9. The van der Waals surface area contributed by atoms with E-state index in [4.69, 9.17) is 4.52 Å². The van der Waals surface area contributed by atoms with E-state index in [1.54, 1.807) is 13.3 Å². The van der Waals surface area contributed by atoms with E-state index in [-0.39, 0.29) is 18.0 Å². The van der Waals surface area contributed by atoms with Gasteiger partial charge in [0.15, 0.2) is 5.82 Å². The van der Waals surface area contributed by atoms with Crippen molar-refractivity contribution >= 4 is 11.9 Å². The Morgan fingerprint density at radius 1 is 1.61 bits per heavy atom. The molecule has 1 atom stereocenters. The number of hydrogen-bond donors (Lipinski definition) is 3. The maximum Gasteiger partial charge on any atom is 0.328 e. The standard InChI is InChI=1S/C10H12N6O2/c1-5-14-10(18-16-5)15-9(17)7-2-6-8(3-11-7)13-4-12-6/h4,7,11H,2-3H2,1H3,(H,12,13)(H,14,15,16,17). The molecule has 1 aliphatic rings. The molecule has 0 aliphatic carbocycles. The van der Waals surface area contributed by atoms with Crippen LogP contribution < -0.4 is 10.6 Å². The zero-order valence-electron chi connectivity index (χ0n) is 9.73. The molecule has 8 heteroatoms. The van der Waals surface area contributed by atoms with Crippen molar-refractivity contribution in [3.05, 3.63) is 23.5 Å². The Morgan fingerprint density at radius 2 is 2.50 bits per heavy atom. The summed E-state index contributed by atoms with van der Waals surface area (Å²) in [5.74, 6) is 0.281. The number of aromatic nitrogens is 4. The lowest BCUT2D eigenvalue weighted by Crippen LogP contribution is -2.44. The van der Waals surface area contributed by atoms with Crippen molar-refractivity contribution in [3.8, 4) is 0 Å². The molecule has 0 saturated heterocycles. The topological polar surface area (TPSA) is 109 Å². The molecule has 8 nitrogen and oxygen atoms in total. The van der Waals surface area contributed by atoms with E-state index in [0.717, 1.165) is 11.4 Å². The SMILES string of the molecule is Cc1noc(NC(=O)C2Cc3nc[nH]c3CN2)n1. The molecule has 94 valence electrons. The van der Waals surface area contributed by atoms with Crippen LogP contribution in [-0.2, 0) is 17.8 Å². The van der Waals surface area contributed by atoms with E-state index in [0.29, 0.717) is 18.8 Å². The van der Waals surface area contributed by atoms with Gasteiger partial charge in [-0.15, -0.1) is 0 Å². The van der Waals surface area contributed by atoms with Crippen LogP contribution >= 0.6 is 0 Å². The molecule has 3 N–H and O–H groups in total. The van der Waals surface area contributed by atoms with Gasteiger partial charge >= 0.3 is 6.01 Å². The molecule has 1 aliphatic heterocycles. The number of carbonyl (C=O) groups excluding carboxylic acids is 1. The van der Waals surface area contributed by atoms with Crippen LogP contribution in [0.2, 0.25) is 0 Å². The van der Waals surface area contributed by atoms with Crippen LogP contribution in [0.3, 0.4) is 0 Å². The quantitative estimate of drug-likeness (QED) is 0.676. The summed E-state index contributed by atoms with van der Waals surface area (Å²) in [6.07, 6.45) is 2.17. The number of amides is 1. The molecule has 2 aromatic rings. The van der Waals surface area contributed by atoms with Gasteiger partial charge in [0.25, 0.3) is 0 Å². The maximum atomic E-state index is 12.0. The summed E-state index contributed by atoms with van der Waals surface area (Å²) in [4.78, 5) is 23.1. The fraction of sp³-hybridized carbons (Fsp3) is 0.400. The Bertz CT molecular complexity index is 574. The van der Waals surface area contributed by atoms with Gasteiger partial charge in [0, 0.05) is 13.0 Å². The van der Waals surface area contributed by atoms with Gasteiger partial charge in [-0.3, -0.25) is 15.4 Å². The minimum Gasteiger partial charge on any atom is -0.347 e. The zero-order valence-corrected chi connectivity index (χ0v) is 9.73. The summed E-state index contributed by atoms with van der Waals surface area (Å²) in [5.41, 5.74) is 1.93. The number of aromatic amines is 1. The number of imidazole rings is 1. The highest BCUT2D eigenvalue weighted by Gasteiger charge is 2.26. The number of anilines is 1. The minimum atomic E-state index is -0.340. The van der Waals surface area contributed by atoms with Crippen molar-refractivity contribution < 1.29 is 9.32 Å². The van der Waals surface area contributed by atoms with Gasteiger partial charge in [-0.25, -0.2) is 4.98 Å². The molecule has 18 heavy (non-hydrogen) atoms. The fourth-order valence-corrected chi connectivity index (χ4v) is 1.89. The van der Waals surface area contributed by atoms with E-state index >= 15 is 0 Å². The third-order valence-electron chi connectivity index (χ3n) is 2.80. The van der Waals surface area contributed by atoms with E-state index in [1.807, 2.05) is 0 Å². The Kier molecular flexibility index (Phi) is 2.56. The number of fused-ring (bicyclic) bond motifs is 1. The first-order chi connectivity index (χ1) is 8.72. The predicted molar refractivity (Wildman–Crippen MR) is 60.6 cm³/mol. The molecular weight excluding hydrogens is 236 g/mol. The third kappa shape index (κ3) is 1.97. The van der Waals surface area contributed by atoms with E-state index < -0.39 is 0 Å². The summed E-state index contributed by atoms with van der Waals surface area (Å²) in [6, 6.07) is -0.222. The van der Waals surface area contributed by atoms with Crippen molar-refractivity contribution in [2.45, 2.75) is 25.9 Å². The molecule has 0 aromatic carbocycles. The van der Waals surface area contributed by atoms with Crippen molar-refractivity contribution in [3.63, 3.8) is 0 Å². The Labute approximate surface area is 102 Å². The van der Waals surface area contributed by atoms with Gasteiger partial charge in [0.2, 0.25) is 5.91 Å². The zero-order chi connectivity index (χ0) is 12.5. The van der Waals surface area contributed by atoms with Gasteiger partial charge in [-0.1, -0.05) is 5.16 Å². The summed E-state index contributed by atoms with van der Waals surface area (Å²) in [7, 11) is 0. The molecular formula is C10H12N6O2. The van der Waals surface area contributed by atoms with Crippen molar-refractivity contribution in [2.24, 2.45) is 0 Å². The number of nitrogens with one attached hydrogen (secondary N) is 3. The molecule has 0 saturated carbocycles. The number of H-pyrrole nitrogens is 1. The molecule has 0 bridgehead atoms. The molecule has 3 rings (SSSR count). The molecule has 1 unspecified atom stereocenters. The summed E-state index contributed by atoms with van der Waals surface area (Å²) >= 11 is 0. The van der Waals surface area contributed by atoms with E-state index in [1.165, 1.54) is 0 Å². The predicted octanol–water partition coefficient (Wildman–Crippen LogP) is -0.246. The summed E-state index contributed by atoms with van der Waals surface area (Å²) < 4.78 is 4.84. The minimum absolute atomic E-state index is 0.118. The third-order valence-corrected chi connectivity index (χ3v) is 2.80. The molecule has 0 radical (unpaired) electrons. The van der Waals surface area contributed by atoms with Gasteiger partial charge in [0.1, 0.15) is 0 Å². The number of carbonyl (C=O) groups is 1. The monoisotopic (exact) mass is 248 g/mol. The summed E-state index contributed by atoms with van der Waals surface area (Å²) in [6.45, 7) is 2.28. The second-order valence-corrected chi connectivity index (χ2v) is 4.10. The largest absolute Gasteiger partial charge is 0.347 e. The molecule has 0 fully saturated rings. The van der Waals surface area contributed by atoms with Crippen molar-refractivity contribution in [1.29, 1.82) is 0 Å². The van der Waals surface area contributed by atoms with Crippen LogP contribution in [0, 0.1) is 6.92 Å². The maximum absolute atomic E-state index is 12.0. The number of aryl methyl sites for hydroxylation is 1. The Balaban J connectivity index is 1.67. The fourth-order valence-electron chi connectivity index (χ4n) is 1.89. The number of rotatable bonds is 2. The van der Waals surface area contributed by atoms with Gasteiger partial charge in [-0.2, -0.15) is 4.98 Å². The first-order valence-electron chi connectivity index (χ1n) is 5.58. The van der Waals surface area contributed by atoms with Crippen LogP contribution in [0.15, 0.2) is 10.9 Å². The highest BCUT2D eigenvalue weighted by atomic mass is 16.5. The van der Waals surface area contributed by atoms with Crippen LogP contribution in [0.5, 0.6) is 0 Å². The molecule has 2 aromatic heterocycles. The van der Waals surface area contributed by atoms with Gasteiger partial charge in [0.05, 0.1) is 23.8 Å². The molecule has 0 spiro atoms. The van der Waals surface area contributed by atoms with Crippen LogP contribution in [0.25, 0.3) is 0 Å². The van der Waals surface area contributed by atoms with E-state index in [9.17, 15) is 4.79 Å². The number of hydrogen-bond acceptors (Lipinski definition) is 6. The number of nitrogens with zero attached hydrogens (tertiary/aromatic N) is 3. The first-order valence-corrected chi connectivity index (χ1v) is 5.58. The smallest absolute Gasteiger partial charge is 0.328 e.